The van der Waals surface area contributed by atoms with Crippen LogP contribution in [0, 0.1) is 0 Å². The van der Waals surface area contributed by atoms with Crippen LogP contribution in [0.2, 0.25) is 0 Å². The summed E-state index contributed by atoms with van der Waals surface area (Å²) in [5.74, 6) is 0.625. The van der Waals surface area contributed by atoms with E-state index >= 15 is 0 Å². The molecule has 0 amide bonds. The highest BCUT2D eigenvalue weighted by molar-refractivity contribution is 7.94. The molecule has 0 aliphatic heterocycles. The predicted octanol–water partition coefficient (Wildman–Crippen LogP) is 8.99. The van der Waals surface area contributed by atoms with E-state index in [1.807, 2.05) is 97.1 Å². The molecule has 0 unspecified atom stereocenters. The minimum atomic E-state index is -3.66. The molecule has 0 saturated heterocycles. The Morgan fingerprint density at radius 2 is 1.11 bits per heavy atom. The van der Waals surface area contributed by atoms with Gasteiger partial charge in [-0.05, 0) is 86.6 Å². The molecule has 0 bridgehead atoms. The second kappa shape index (κ2) is 13.1. The summed E-state index contributed by atoms with van der Waals surface area (Å²) in [6.45, 7) is 4.17. The minimum Gasteiger partial charge on any atom is -0.325 e. The number of nitrogens with zero attached hydrogens (tertiary/aromatic N) is 2. The van der Waals surface area contributed by atoms with Gasteiger partial charge in [0.2, 0.25) is 9.84 Å². The standard InChI is InChI=1S/C37H30N2O4S2/c1-37(2,35-23-11-21-33(38-35)27-13-9-17-30(25-27)44-43-42-29-15-5-3-6-16-29)36-24-12-22-34(39-36)28-14-10-20-32(26-28)45(40,41)31-18-7-4-8-19-31/h3-26H,1-2H3. The molecule has 6 aromatic rings. The van der Waals surface area contributed by atoms with Crippen molar-refractivity contribution in [2.75, 3.05) is 0 Å². The van der Waals surface area contributed by atoms with Gasteiger partial charge in [-0.1, -0.05) is 72.8 Å². The highest BCUT2D eigenvalue weighted by Crippen LogP contribution is 2.33. The lowest BCUT2D eigenvalue weighted by atomic mass is 9.84. The van der Waals surface area contributed by atoms with Gasteiger partial charge in [0.1, 0.15) is 0 Å². The first-order chi connectivity index (χ1) is 21.8. The lowest BCUT2D eigenvalue weighted by Crippen LogP contribution is -2.22. The van der Waals surface area contributed by atoms with Crippen LogP contribution in [0.25, 0.3) is 22.5 Å². The van der Waals surface area contributed by atoms with Crippen LogP contribution in [-0.4, -0.2) is 18.4 Å². The Morgan fingerprint density at radius 3 is 1.76 bits per heavy atom. The molecular weight excluding hydrogens is 601 g/mol. The Bertz CT molecular complexity index is 2030. The zero-order valence-corrected chi connectivity index (χ0v) is 26.3. The van der Waals surface area contributed by atoms with Crippen molar-refractivity contribution >= 4 is 21.9 Å². The molecule has 0 spiro atoms. The second-order valence-electron chi connectivity index (χ2n) is 10.9. The fraction of sp³-hybridized carbons (Fsp3) is 0.0811. The Labute approximate surface area is 267 Å². The molecule has 0 saturated carbocycles. The molecule has 2 aromatic heterocycles. The van der Waals surface area contributed by atoms with Crippen LogP contribution in [0.3, 0.4) is 0 Å². The first kappa shape index (κ1) is 30.3. The van der Waals surface area contributed by atoms with Gasteiger partial charge in [-0.3, -0.25) is 9.97 Å². The summed E-state index contributed by atoms with van der Waals surface area (Å²) >= 11 is 1.13. The summed E-state index contributed by atoms with van der Waals surface area (Å²) < 4.78 is 31.9. The lowest BCUT2D eigenvalue weighted by Gasteiger charge is -2.25. The van der Waals surface area contributed by atoms with Gasteiger partial charge in [0.05, 0.1) is 44.6 Å². The molecule has 0 N–H and O–H groups in total. The molecule has 0 fully saturated rings. The van der Waals surface area contributed by atoms with Crippen LogP contribution in [0.4, 0.5) is 0 Å². The summed E-state index contributed by atoms with van der Waals surface area (Å²) in [4.78, 5) is 16.8. The highest BCUT2D eigenvalue weighted by Gasteiger charge is 2.27. The van der Waals surface area contributed by atoms with Crippen molar-refractivity contribution in [2.45, 2.75) is 33.9 Å². The largest absolute Gasteiger partial charge is 0.325 e. The maximum Gasteiger partial charge on any atom is 0.206 e. The molecule has 4 aromatic carbocycles. The van der Waals surface area contributed by atoms with Gasteiger partial charge in [-0.25, -0.2) is 8.42 Å². The molecule has 0 atom stereocenters. The van der Waals surface area contributed by atoms with E-state index in [0.29, 0.717) is 11.4 Å². The molecule has 0 aliphatic rings. The predicted molar refractivity (Wildman–Crippen MR) is 177 cm³/mol. The average Bonchev–Trinajstić information content (AvgIpc) is 3.09. The highest BCUT2D eigenvalue weighted by atomic mass is 32.2. The maximum absolute atomic E-state index is 13.3. The van der Waals surface area contributed by atoms with Gasteiger partial charge >= 0.3 is 0 Å². The van der Waals surface area contributed by atoms with Crippen molar-refractivity contribution < 1.29 is 17.6 Å². The fourth-order valence-electron chi connectivity index (χ4n) is 4.86. The zero-order chi connectivity index (χ0) is 31.3. The first-order valence-corrected chi connectivity index (χ1v) is 16.6. The number of rotatable bonds is 10. The van der Waals surface area contributed by atoms with E-state index in [2.05, 4.69) is 13.8 Å². The maximum atomic E-state index is 13.3. The van der Waals surface area contributed by atoms with E-state index in [1.54, 1.807) is 48.5 Å². The molecular formula is C37H30N2O4S2. The van der Waals surface area contributed by atoms with E-state index in [-0.39, 0.29) is 9.79 Å². The average molecular weight is 631 g/mol. The summed E-state index contributed by atoms with van der Waals surface area (Å²) in [5.41, 5.74) is 4.30. The Morgan fingerprint density at radius 1 is 0.578 bits per heavy atom. The minimum absolute atomic E-state index is 0.226. The van der Waals surface area contributed by atoms with Crippen molar-refractivity contribution in [1.82, 2.24) is 9.97 Å². The van der Waals surface area contributed by atoms with Crippen LogP contribution in [0.1, 0.15) is 25.2 Å². The normalized spacial score (nSPS) is 11.7. The Kier molecular flexibility index (Phi) is 8.80. The number of benzene rings is 4. The van der Waals surface area contributed by atoms with Gasteiger partial charge in [-0.15, -0.1) is 4.33 Å². The Hall–Kier alpha value is -4.76. The van der Waals surface area contributed by atoms with Gasteiger partial charge in [0, 0.05) is 21.4 Å². The Balaban J connectivity index is 1.24. The van der Waals surface area contributed by atoms with E-state index in [4.69, 9.17) is 19.2 Å². The quantitative estimate of drug-likeness (QED) is 0.0849. The monoisotopic (exact) mass is 630 g/mol. The van der Waals surface area contributed by atoms with Crippen LogP contribution in [0.15, 0.2) is 160 Å². The smallest absolute Gasteiger partial charge is 0.206 e. The third-order valence-corrected chi connectivity index (χ3v) is 9.76. The van der Waals surface area contributed by atoms with Gasteiger partial charge < -0.3 is 4.89 Å². The summed E-state index contributed by atoms with van der Waals surface area (Å²) in [5, 5.41) is 0. The van der Waals surface area contributed by atoms with Gasteiger partial charge in [0.25, 0.3) is 0 Å². The summed E-state index contributed by atoms with van der Waals surface area (Å²) in [7, 11) is -3.66. The number of hydrogen-bond donors (Lipinski definition) is 0. The van der Waals surface area contributed by atoms with Crippen molar-refractivity contribution in [1.29, 1.82) is 0 Å². The molecule has 8 heteroatoms. The number of aromatic nitrogens is 2. The molecule has 0 aliphatic carbocycles. The van der Waals surface area contributed by atoms with E-state index in [0.717, 1.165) is 45.1 Å². The topological polar surface area (TPSA) is 78.4 Å². The van der Waals surface area contributed by atoms with Crippen LogP contribution in [0.5, 0.6) is 5.75 Å². The van der Waals surface area contributed by atoms with Crippen molar-refractivity contribution in [3.8, 4) is 28.3 Å². The molecule has 45 heavy (non-hydrogen) atoms. The molecule has 6 nitrogen and oxygen atoms in total. The van der Waals surface area contributed by atoms with Gasteiger partial charge in [-0.2, -0.15) is 0 Å². The molecule has 2 heterocycles. The van der Waals surface area contributed by atoms with E-state index in [1.165, 1.54) is 0 Å². The number of para-hydroxylation sites is 1. The van der Waals surface area contributed by atoms with Crippen molar-refractivity contribution in [3.63, 3.8) is 0 Å². The van der Waals surface area contributed by atoms with Crippen molar-refractivity contribution in [2.24, 2.45) is 0 Å². The SMILES string of the molecule is CC(C)(c1cccc(-c2cccc(SOOc3ccccc3)c2)n1)c1cccc(-c2cccc(S(=O)(=O)c3ccccc3)c2)n1. The van der Waals surface area contributed by atoms with Crippen LogP contribution >= 0.6 is 12.0 Å². The van der Waals surface area contributed by atoms with Gasteiger partial charge in [0.15, 0.2) is 5.75 Å². The number of hydrogen-bond acceptors (Lipinski definition) is 7. The zero-order valence-electron chi connectivity index (χ0n) is 24.7. The lowest BCUT2D eigenvalue weighted by molar-refractivity contribution is -0.0777. The second-order valence-corrected chi connectivity index (χ2v) is 13.6. The summed E-state index contributed by atoms with van der Waals surface area (Å²) in [6, 6.07) is 44.4. The third-order valence-electron chi connectivity index (χ3n) is 7.41. The van der Waals surface area contributed by atoms with E-state index < -0.39 is 15.3 Å². The summed E-state index contributed by atoms with van der Waals surface area (Å²) in [6.07, 6.45) is 0. The van der Waals surface area contributed by atoms with E-state index in [9.17, 15) is 8.42 Å². The van der Waals surface area contributed by atoms with Crippen LogP contribution in [-0.2, 0) is 19.6 Å². The first-order valence-electron chi connectivity index (χ1n) is 14.3. The molecule has 224 valence electrons. The van der Waals surface area contributed by atoms with Crippen LogP contribution < -0.4 is 4.89 Å². The number of sulfone groups is 1. The molecule has 0 radical (unpaired) electrons. The van der Waals surface area contributed by atoms with Crippen molar-refractivity contribution in [3.05, 3.63) is 157 Å². The fourth-order valence-corrected chi connectivity index (χ4v) is 6.68. The number of pyridine rings is 2. The third kappa shape index (κ3) is 6.83. The molecule has 6 rings (SSSR count).